The van der Waals surface area contributed by atoms with Crippen LogP contribution in [0.2, 0.25) is 18.1 Å². The third-order valence-corrected chi connectivity index (χ3v) is 15.7. The molecule has 0 radical (unpaired) electrons. The van der Waals surface area contributed by atoms with Crippen molar-refractivity contribution in [3.05, 3.63) is 11.3 Å². The molecule has 0 aliphatic carbocycles. The molecule has 4 fully saturated rings. The molecular weight excluding hydrogens is 572 g/mol. The number of hydrogen-bond donors (Lipinski definition) is 1. The minimum absolute atomic E-state index is 0.0390. The van der Waals surface area contributed by atoms with Gasteiger partial charge in [-0.1, -0.05) is 20.8 Å². The third kappa shape index (κ3) is 6.22. The van der Waals surface area contributed by atoms with Gasteiger partial charge in [-0.25, -0.2) is 4.79 Å². The van der Waals surface area contributed by atoms with Crippen molar-refractivity contribution in [1.82, 2.24) is 25.1 Å². The van der Waals surface area contributed by atoms with Crippen molar-refractivity contribution < 1.29 is 18.7 Å². The highest BCUT2D eigenvalue weighted by Gasteiger charge is 2.51. The van der Waals surface area contributed by atoms with Gasteiger partial charge in [0.05, 0.1) is 23.3 Å². The van der Waals surface area contributed by atoms with Crippen LogP contribution in [-0.2, 0) is 22.1 Å². The molecule has 4 atom stereocenters. The van der Waals surface area contributed by atoms with Crippen molar-refractivity contribution in [2.45, 2.75) is 140 Å². The number of piperazine rings is 1. The van der Waals surface area contributed by atoms with Crippen LogP contribution < -0.4 is 15.0 Å². The van der Waals surface area contributed by atoms with Crippen LogP contribution in [0.15, 0.2) is 0 Å². The second kappa shape index (κ2) is 11.7. The van der Waals surface area contributed by atoms with Crippen molar-refractivity contribution in [3.63, 3.8) is 0 Å². The summed E-state index contributed by atoms with van der Waals surface area (Å²) in [6.45, 7) is 23.2. The van der Waals surface area contributed by atoms with E-state index in [4.69, 9.17) is 23.9 Å². The lowest BCUT2D eigenvalue weighted by Crippen LogP contribution is -2.57. The molecule has 2 bridgehead atoms. The fourth-order valence-corrected chi connectivity index (χ4v) is 8.88. The number of carbonyl (C=O) groups excluding carboxylic acids is 1. The number of anilines is 1. The molecule has 0 spiro atoms. The van der Waals surface area contributed by atoms with Crippen LogP contribution in [0.1, 0.15) is 91.3 Å². The van der Waals surface area contributed by atoms with Crippen molar-refractivity contribution in [3.8, 4) is 6.01 Å². The highest BCUT2D eigenvalue weighted by Crippen LogP contribution is 2.44. The molecule has 6 heterocycles. The van der Waals surface area contributed by atoms with Gasteiger partial charge in [0.25, 0.3) is 0 Å². The first kappa shape index (κ1) is 32.0. The summed E-state index contributed by atoms with van der Waals surface area (Å²) < 4.78 is 19.1. The normalized spacial score (nSPS) is 29.1. The fourth-order valence-electron chi connectivity index (χ4n) is 7.84. The summed E-state index contributed by atoms with van der Waals surface area (Å²) in [5.41, 5.74) is 1.82. The van der Waals surface area contributed by atoms with E-state index in [2.05, 4.69) is 49.0 Å². The topological polar surface area (TPSA) is 92.3 Å². The molecule has 1 amide bonds. The summed E-state index contributed by atoms with van der Waals surface area (Å²) in [5, 5.41) is 3.71. The van der Waals surface area contributed by atoms with E-state index in [1.165, 1.54) is 12.0 Å². The van der Waals surface area contributed by atoms with E-state index >= 15 is 0 Å². The molecule has 0 aromatic carbocycles. The Morgan fingerprint density at radius 1 is 1.05 bits per heavy atom. The molecule has 11 heteroatoms. The predicted octanol–water partition coefficient (Wildman–Crippen LogP) is 5.11. The van der Waals surface area contributed by atoms with Gasteiger partial charge in [0.15, 0.2) is 8.32 Å². The Kier molecular flexibility index (Phi) is 8.50. The highest BCUT2D eigenvalue weighted by molar-refractivity contribution is 6.74. The van der Waals surface area contributed by atoms with Gasteiger partial charge in [-0.15, -0.1) is 0 Å². The van der Waals surface area contributed by atoms with E-state index < -0.39 is 13.9 Å². The van der Waals surface area contributed by atoms with E-state index in [1.54, 1.807) is 0 Å². The van der Waals surface area contributed by atoms with Gasteiger partial charge in [-0.05, 0) is 96.9 Å². The number of amides is 1. The molecule has 4 saturated heterocycles. The highest BCUT2D eigenvalue weighted by atomic mass is 28.4. The van der Waals surface area contributed by atoms with E-state index in [9.17, 15) is 4.79 Å². The Hall–Kier alpha value is -1.95. The van der Waals surface area contributed by atoms with E-state index in [-0.39, 0.29) is 28.8 Å². The van der Waals surface area contributed by atoms with E-state index in [0.717, 1.165) is 89.4 Å². The molecule has 246 valence electrons. The predicted molar refractivity (Wildman–Crippen MR) is 175 cm³/mol. The largest absolute Gasteiger partial charge is 0.461 e. The van der Waals surface area contributed by atoms with Crippen LogP contribution in [0.3, 0.4) is 0 Å². The van der Waals surface area contributed by atoms with Crippen LogP contribution in [0.5, 0.6) is 6.01 Å². The molecule has 5 aliphatic rings. The minimum atomic E-state index is -1.79. The Morgan fingerprint density at radius 2 is 1.77 bits per heavy atom. The number of carbonyl (C=O) groups is 1. The number of rotatable bonds is 7. The molecule has 1 aromatic heterocycles. The van der Waals surface area contributed by atoms with Crippen molar-refractivity contribution in [1.29, 1.82) is 0 Å². The van der Waals surface area contributed by atoms with Crippen molar-refractivity contribution in [2.75, 3.05) is 44.3 Å². The van der Waals surface area contributed by atoms with Gasteiger partial charge in [-0.3, -0.25) is 9.80 Å². The molecule has 6 rings (SSSR count). The number of nitrogens with zero attached hydrogens (tertiary/aromatic N) is 5. The number of fused-ring (bicyclic) bond motifs is 4. The summed E-state index contributed by atoms with van der Waals surface area (Å²) in [5.74, 6) is 1.00. The minimum Gasteiger partial charge on any atom is -0.461 e. The summed E-state index contributed by atoms with van der Waals surface area (Å²) in [4.78, 5) is 30.2. The molecule has 0 saturated carbocycles. The van der Waals surface area contributed by atoms with Crippen LogP contribution in [0, 0.1) is 0 Å². The van der Waals surface area contributed by atoms with E-state index in [1.807, 2.05) is 25.7 Å². The van der Waals surface area contributed by atoms with Crippen LogP contribution in [0.4, 0.5) is 10.6 Å². The summed E-state index contributed by atoms with van der Waals surface area (Å²) in [7, 11) is -1.79. The second-order valence-electron chi connectivity index (χ2n) is 16.4. The summed E-state index contributed by atoms with van der Waals surface area (Å²) >= 11 is 0. The van der Waals surface area contributed by atoms with Gasteiger partial charge in [0, 0.05) is 37.8 Å². The standard InChI is InChI=1S/C33H56N6O4Si/c1-31(2,3)43-30(40)39-23-10-11-24(39)20-37(19-23)28-26-13-16-34-18-27(26)35-29(36-28)41-22-33-14-9-17-38(33)25(12-15-33)21-42-44(7,8)32(4,5)6/h23-25,34H,9-22H2,1-8H3/t23-,24+,25-,33-/m1/s1. The number of ether oxygens (including phenoxy) is 2. The number of aromatic nitrogens is 2. The van der Waals surface area contributed by atoms with Crippen LogP contribution in [0.25, 0.3) is 0 Å². The summed E-state index contributed by atoms with van der Waals surface area (Å²) in [6, 6.07) is 1.22. The van der Waals surface area contributed by atoms with Crippen molar-refractivity contribution in [2.24, 2.45) is 0 Å². The molecule has 0 unspecified atom stereocenters. The maximum Gasteiger partial charge on any atom is 0.410 e. The van der Waals surface area contributed by atoms with Crippen LogP contribution in [-0.4, -0.2) is 103 Å². The molecule has 1 N–H and O–H groups in total. The van der Waals surface area contributed by atoms with E-state index in [0.29, 0.717) is 18.7 Å². The third-order valence-electron chi connectivity index (χ3n) is 11.2. The first-order valence-electron chi connectivity index (χ1n) is 17.1. The Balaban J connectivity index is 1.16. The lowest BCUT2D eigenvalue weighted by molar-refractivity contribution is 0.0122. The van der Waals surface area contributed by atoms with Crippen molar-refractivity contribution >= 4 is 20.2 Å². The molecule has 44 heavy (non-hydrogen) atoms. The lowest BCUT2D eigenvalue weighted by Gasteiger charge is -2.42. The second-order valence-corrected chi connectivity index (χ2v) is 21.2. The molecule has 5 aliphatic heterocycles. The Bertz CT molecular complexity index is 1220. The number of hydrogen-bond acceptors (Lipinski definition) is 9. The first-order valence-corrected chi connectivity index (χ1v) is 20.0. The zero-order valence-corrected chi connectivity index (χ0v) is 29.5. The van der Waals surface area contributed by atoms with Gasteiger partial charge in [0.2, 0.25) is 0 Å². The maximum atomic E-state index is 13.1. The van der Waals surface area contributed by atoms with Gasteiger partial charge >= 0.3 is 12.1 Å². The molecule has 1 aromatic rings. The lowest BCUT2D eigenvalue weighted by atomic mass is 9.95. The first-order chi connectivity index (χ1) is 20.7. The quantitative estimate of drug-likeness (QED) is 0.414. The summed E-state index contributed by atoms with van der Waals surface area (Å²) in [6.07, 6.45) is 7.35. The number of nitrogens with one attached hydrogen (secondary N) is 1. The van der Waals surface area contributed by atoms with Gasteiger partial charge in [0.1, 0.15) is 18.0 Å². The Labute approximate surface area is 265 Å². The van der Waals surface area contributed by atoms with Gasteiger partial charge < -0.3 is 24.1 Å². The molecule has 10 nitrogen and oxygen atoms in total. The zero-order chi connectivity index (χ0) is 31.5. The maximum absolute atomic E-state index is 13.1. The zero-order valence-electron chi connectivity index (χ0n) is 28.5. The monoisotopic (exact) mass is 628 g/mol. The SMILES string of the molecule is CC(C)(C)OC(=O)N1[C@@H]2CC[C@H]1CN(c1nc(OC[C@]34CCCN3[C@@H](CO[Si](C)(C)C(C)(C)C)CC4)nc3c1CCNC3)C2. The molecular formula is C33H56N6O4Si. The average molecular weight is 629 g/mol. The fraction of sp³-hybridized carbons (Fsp3) is 0.848. The average Bonchev–Trinajstić information content (AvgIpc) is 3.58. The van der Waals surface area contributed by atoms with Gasteiger partial charge in [-0.2, -0.15) is 9.97 Å². The Morgan fingerprint density at radius 3 is 2.45 bits per heavy atom. The smallest absolute Gasteiger partial charge is 0.410 e. The van der Waals surface area contributed by atoms with Crippen LogP contribution >= 0.6 is 0 Å².